The summed E-state index contributed by atoms with van der Waals surface area (Å²) >= 11 is 0. The minimum absolute atomic E-state index is 0.0165. The van der Waals surface area contributed by atoms with E-state index in [0.29, 0.717) is 13.0 Å². The number of rotatable bonds is 6. The molecule has 0 bridgehead atoms. The number of hydrogen-bond acceptors (Lipinski definition) is 2. The van der Waals surface area contributed by atoms with Crippen molar-refractivity contribution in [2.75, 3.05) is 0 Å². The second-order valence-electron chi connectivity index (χ2n) is 6.88. The zero-order valence-corrected chi connectivity index (χ0v) is 15.2. The number of carbonyl (C=O) groups excluding carboxylic acids is 2. The van der Waals surface area contributed by atoms with Crippen LogP contribution in [0.2, 0.25) is 0 Å². The van der Waals surface area contributed by atoms with E-state index in [-0.39, 0.29) is 17.9 Å². The molecule has 0 spiro atoms. The predicted molar refractivity (Wildman–Crippen MR) is 96.5 cm³/mol. The molecule has 0 saturated heterocycles. The highest BCUT2D eigenvalue weighted by Gasteiger charge is 2.27. The van der Waals surface area contributed by atoms with Gasteiger partial charge in [-0.15, -0.1) is 0 Å². The van der Waals surface area contributed by atoms with Crippen LogP contribution in [0.15, 0.2) is 24.3 Å². The van der Waals surface area contributed by atoms with Crippen LogP contribution in [0.4, 0.5) is 0 Å². The average molecular weight is 330 g/mol. The Bertz CT molecular complexity index is 565. The molecule has 4 nitrogen and oxygen atoms in total. The number of carbonyl (C=O) groups is 2. The molecule has 1 saturated carbocycles. The molecule has 0 heterocycles. The molecule has 1 atom stereocenters. The maximum atomic E-state index is 12.6. The lowest BCUT2D eigenvalue weighted by molar-refractivity contribution is -0.140. The van der Waals surface area contributed by atoms with E-state index in [1.54, 1.807) is 4.90 Å². The number of hydrogen-bond donors (Lipinski definition) is 1. The minimum Gasteiger partial charge on any atom is -0.352 e. The maximum absolute atomic E-state index is 12.6. The lowest BCUT2D eigenvalue weighted by Gasteiger charge is -2.31. The summed E-state index contributed by atoms with van der Waals surface area (Å²) in [4.78, 5) is 26.7. The van der Waals surface area contributed by atoms with E-state index in [1.165, 1.54) is 19.3 Å². The molecular weight excluding hydrogens is 300 g/mol. The highest BCUT2D eigenvalue weighted by atomic mass is 16.2. The van der Waals surface area contributed by atoms with Gasteiger partial charge in [-0.25, -0.2) is 0 Å². The second-order valence-corrected chi connectivity index (χ2v) is 6.88. The van der Waals surface area contributed by atoms with Crippen LogP contribution in [0.5, 0.6) is 0 Å². The molecule has 0 radical (unpaired) electrons. The van der Waals surface area contributed by atoms with Gasteiger partial charge in [0, 0.05) is 19.0 Å². The molecule has 2 rings (SSSR count). The van der Waals surface area contributed by atoms with E-state index in [9.17, 15) is 9.59 Å². The molecule has 1 aromatic carbocycles. The summed E-state index contributed by atoms with van der Waals surface area (Å²) in [6.45, 7) is 6.20. The van der Waals surface area contributed by atoms with Crippen molar-refractivity contribution >= 4 is 11.8 Å². The van der Waals surface area contributed by atoms with Gasteiger partial charge in [-0.1, -0.05) is 56.0 Å². The standard InChI is InChI=1S/C20H30N2O2/c1-4-19(23)22(14-17-10-8-9-15(2)13-17)16(3)20(24)21-18-11-6-5-7-12-18/h8-10,13,16,18H,4-7,11-12,14H2,1-3H3,(H,21,24)/t16-/m0/s1. The fourth-order valence-corrected chi connectivity index (χ4v) is 3.36. The molecule has 0 aliphatic heterocycles. The van der Waals surface area contributed by atoms with Gasteiger partial charge < -0.3 is 10.2 Å². The molecule has 0 aromatic heterocycles. The van der Waals surface area contributed by atoms with Gasteiger partial charge in [-0.05, 0) is 32.3 Å². The first-order valence-corrected chi connectivity index (χ1v) is 9.16. The Hall–Kier alpha value is -1.84. The quantitative estimate of drug-likeness (QED) is 0.867. The fraction of sp³-hybridized carbons (Fsp3) is 0.600. The second kappa shape index (κ2) is 8.86. The summed E-state index contributed by atoms with van der Waals surface area (Å²) in [6.07, 6.45) is 6.14. The van der Waals surface area contributed by atoms with Gasteiger partial charge in [0.05, 0.1) is 0 Å². The van der Waals surface area contributed by atoms with E-state index < -0.39 is 6.04 Å². The summed E-state index contributed by atoms with van der Waals surface area (Å²) in [5.41, 5.74) is 2.23. The Labute approximate surface area is 145 Å². The minimum atomic E-state index is -0.445. The zero-order valence-electron chi connectivity index (χ0n) is 15.2. The van der Waals surface area contributed by atoms with Crippen molar-refractivity contribution < 1.29 is 9.59 Å². The molecular formula is C20H30N2O2. The molecule has 4 heteroatoms. The van der Waals surface area contributed by atoms with Crippen molar-refractivity contribution in [3.63, 3.8) is 0 Å². The molecule has 1 fully saturated rings. The van der Waals surface area contributed by atoms with Gasteiger partial charge in [0.15, 0.2) is 0 Å². The van der Waals surface area contributed by atoms with E-state index >= 15 is 0 Å². The van der Waals surface area contributed by atoms with E-state index in [2.05, 4.69) is 11.4 Å². The summed E-state index contributed by atoms with van der Waals surface area (Å²) in [5.74, 6) is -0.0147. The van der Waals surface area contributed by atoms with Crippen molar-refractivity contribution in [1.82, 2.24) is 10.2 Å². The number of benzene rings is 1. The Balaban J connectivity index is 2.05. The van der Waals surface area contributed by atoms with E-state index in [0.717, 1.165) is 24.0 Å². The van der Waals surface area contributed by atoms with Crippen LogP contribution < -0.4 is 5.32 Å². The average Bonchev–Trinajstić information content (AvgIpc) is 2.59. The third-order valence-corrected chi connectivity index (χ3v) is 4.86. The summed E-state index contributed by atoms with van der Waals surface area (Å²) in [7, 11) is 0. The molecule has 0 unspecified atom stereocenters. The molecule has 2 amide bonds. The van der Waals surface area contributed by atoms with Crippen molar-refractivity contribution in [3.05, 3.63) is 35.4 Å². The topological polar surface area (TPSA) is 49.4 Å². The van der Waals surface area contributed by atoms with Crippen molar-refractivity contribution in [1.29, 1.82) is 0 Å². The molecule has 1 aliphatic rings. The van der Waals surface area contributed by atoms with Crippen LogP contribution in [0.1, 0.15) is 63.5 Å². The zero-order chi connectivity index (χ0) is 17.5. The SMILES string of the molecule is CCC(=O)N(Cc1cccc(C)c1)[C@@H](C)C(=O)NC1CCCCC1. The smallest absolute Gasteiger partial charge is 0.242 e. The normalized spacial score (nSPS) is 16.5. The number of nitrogens with one attached hydrogen (secondary N) is 1. The highest BCUT2D eigenvalue weighted by molar-refractivity contribution is 5.87. The first-order valence-electron chi connectivity index (χ1n) is 9.16. The van der Waals surface area contributed by atoms with E-state index in [4.69, 9.17) is 0 Å². The Morgan fingerprint density at radius 1 is 1.25 bits per heavy atom. The van der Waals surface area contributed by atoms with Gasteiger partial charge in [-0.3, -0.25) is 9.59 Å². The Morgan fingerprint density at radius 3 is 2.58 bits per heavy atom. The van der Waals surface area contributed by atoms with Crippen LogP contribution in [0.3, 0.4) is 0 Å². The van der Waals surface area contributed by atoms with Gasteiger partial charge in [-0.2, -0.15) is 0 Å². The van der Waals surface area contributed by atoms with E-state index in [1.807, 2.05) is 39.0 Å². The maximum Gasteiger partial charge on any atom is 0.242 e. The molecule has 1 aliphatic carbocycles. The monoisotopic (exact) mass is 330 g/mol. The predicted octanol–water partition coefficient (Wildman–Crippen LogP) is 3.57. The Kier molecular flexibility index (Phi) is 6.83. The van der Waals surface area contributed by atoms with Crippen LogP contribution >= 0.6 is 0 Å². The largest absolute Gasteiger partial charge is 0.352 e. The molecule has 132 valence electrons. The highest BCUT2D eigenvalue weighted by Crippen LogP contribution is 2.18. The third-order valence-electron chi connectivity index (χ3n) is 4.86. The van der Waals surface area contributed by atoms with Gasteiger partial charge in [0.25, 0.3) is 0 Å². The van der Waals surface area contributed by atoms with Crippen LogP contribution in [0, 0.1) is 6.92 Å². The van der Waals surface area contributed by atoms with Crippen molar-refractivity contribution in [3.8, 4) is 0 Å². The first kappa shape index (κ1) is 18.5. The number of aryl methyl sites for hydroxylation is 1. The van der Waals surface area contributed by atoms with Crippen molar-refractivity contribution in [2.45, 2.75) is 77.9 Å². The van der Waals surface area contributed by atoms with Gasteiger partial charge in [0.1, 0.15) is 6.04 Å². The van der Waals surface area contributed by atoms with Crippen molar-refractivity contribution in [2.24, 2.45) is 0 Å². The lowest BCUT2D eigenvalue weighted by Crippen LogP contribution is -2.50. The van der Waals surface area contributed by atoms with Crippen LogP contribution in [-0.4, -0.2) is 28.8 Å². The van der Waals surface area contributed by atoms with Gasteiger partial charge >= 0.3 is 0 Å². The summed E-state index contributed by atoms with van der Waals surface area (Å²) < 4.78 is 0. The van der Waals surface area contributed by atoms with Crippen LogP contribution in [0.25, 0.3) is 0 Å². The van der Waals surface area contributed by atoms with Crippen LogP contribution in [-0.2, 0) is 16.1 Å². The number of nitrogens with zero attached hydrogens (tertiary/aromatic N) is 1. The molecule has 1 N–H and O–H groups in total. The first-order chi connectivity index (χ1) is 11.5. The third kappa shape index (κ3) is 5.08. The summed E-state index contributed by atoms with van der Waals surface area (Å²) in [5, 5.41) is 3.14. The Morgan fingerprint density at radius 2 is 1.96 bits per heavy atom. The fourth-order valence-electron chi connectivity index (χ4n) is 3.36. The number of amides is 2. The molecule has 24 heavy (non-hydrogen) atoms. The summed E-state index contributed by atoms with van der Waals surface area (Å²) in [6, 6.07) is 7.93. The lowest BCUT2D eigenvalue weighted by atomic mass is 9.95. The van der Waals surface area contributed by atoms with Gasteiger partial charge in [0.2, 0.25) is 11.8 Å². The molecule has 1 aromatic rings.